The number of esters is 1. The van der Waals surface area contributed by atoms with Crippen LogP contribution < -0.4 is 10.6 Å². The van der Waals surface area contributed by atoms with Crippen LogP contribution in [0.1, 0.15) is 24.9 Å². The van der Waals surface area contributed by atoms with Crippen LogP contribution in [0.4, 0.5) is 11.4 Å². The highest BCUT2D eigenvalue weighted by atomic mass is 32.1. The second-order valence-corrected chi connectivity index (χ2v) is 6.93. The first-order valence-electron chi connectivity index (χ1n) is 8.53. The normalized spacial score (nSPS) is 10.3. The molecule has 2 aromatic carbocycles. The van der Waals surface area contributed by atoms with E-state index in [2.05, 4.69) is 27.5 Å². The lowest BCUT2D eigenvalue weighted by Crippen LogP contribution is -2.10. The number of amides is 1. The van der Waals surface area contributed by atoms with Gasteiger partial charge in [-0.15, -0.1) is 11.3 Å². The third-order valence-electron chi connectivity index (χ3n) is 3.94. The second-order valence-electron chi connectivity index (χ2n) is 5.85. The molecular weight excluding hydrogens is 360 g/mol. The molecule has 0 fully saturated rings. The molecular formula is C21H20N2O3S. The Bertz CT molecular complexity index is 905. The van der Waals surface area contributed by atoms with Crippen molar-refractivity contribution in [1.29, 1.82) is 0 Å². The van der Waals surface area contributed by atoms with Crippen LogP contribution in [0, 0.1) is 0 Å². The number of thiophene rings is 1. The standard InChI is InChI=1S/C21H20N2O3S/c1-26-21(25)19-12-11-18(27-19)20(24)23-17-9-7-16(8-10-17)22-14-13-15-5-3-2-4-6-15/h2-12,22H,13-14H2,1H3,(H,23,24). The SMILES string of the molecule is COC(=O)c1ccc(C(=O)Nc2ccc(NCCc3ccccc3)cc2)s1. The number of hydrogen-bond acceptors (Lipinski definition) is 5. The van der Waals surface area contributed by atoms with Crippen LogP contribution in [0.2, 0.25) is 0 Å². The maximum Gasteiger partial charge on any atom is 0.348 e. The zero-order valence-corrected chi connectivity index (χ0v) is 15.7. The number of carbonyl (C=O) groups excluding carboxylic acids is 2. The Morgan fingerprint density at radius 3 is 2.26 bits per heavy atom. The monoisotopic (exact) mass is 380 g/mol. The van der Waals surface area contributed by atoms with Gasteiger partial charge in [-0.05, 0) is 48.4 Å². The largest absolute Gasteiger partial charge is 0.465 e. The first-order valence-corrected chi connectivity index (χ1v) is 9.35. The van der Waals surface area contributed by atoms with Gasteiger partial charge in [-0.1, -0.05) is 30.3 Å². The van der Waals surface area contributed by atoms with E-state index < -0.39 is 5.97 Å². The zero-order valence-electron chi connectivity index (χ0n) is 14.9. The molecule has 0 spiro atoms. The van der Waals surface area contributed by atoms with Crippen LogP contribution >= 0.6 is 11.3 Å². The maximum absolute atomic E-state index is 12.3. The molecule has 27 heavy (non-hydrogen) atoms. The van der Waals surface area contributed by atoms with E-state index >= 15 is 0 Å². The van der Waals surface area contributed by atoms with Crippen molar-refractivity contribution in [2.75, 3.05) is 24.3 Å². The lowest BCUT2D eigenvalue weighted by Gasteiger charge is -2.08. The van der Waals surface area contributed by atoms with Crippen LogP contribution in [-0.4, -0.2) is 25.5 Å². The van der Waals surface area contributed by atoms with Crippen LogP contribution in [0.15, 0.2) is 66.7 Å². The van der Waals surface area contributed by atoms with Gasteiger partial charge < -0.3 is 15.4 Å². The first kappa shape index (κ1) is 18.7. The number of methoxy groups -OCH3 is 1. The molecule has 5 nitrogen and oxygen atoms in total. The third-order valence-corrected chi connectivity index (χ3v) is 5.01. The molecule has 3 rings (SSSR count). The topological polar surface area (TPSA) is 67.4 Å². The minimum absolute atomic E-state index is 0.250. The van der Waals surface area contributed by atoms with E-state index in [1.807, 2.05) is 42.5 Å². The van der Waals surface area contributed by atoms with Crippen molar-refractivity contribution in [3.8, 4) is 0 Å². The predicted molar refractivity (Wildman–Crippen MR) is 109 cm³/mol. The molecule has 0 unspecified atom stereocenters. The van der Waals surface area contributed by atoms with Crippen molar-refractivity contribution in [3.05, 3.63) is 82.0 Å². The second kappa shape index (κ2) is 9.00. The molecule has 0 radical (unpaired) electrons. The van der Waals surface area contributed by atoms with Crippen LogP contribution in [0.25, 0.3) is 0 Å². The van der Waals surface area contributed by atoms with E-state index in [0.29, 0.717) is 15.4 Å². The first-order chi connectivity index (χ1) is 13.2. The van der Waals surface area contributed by atoms with Crippen molar-refractivity contribution in [2.45, 2.75) is 6.42 Å². The van der Waals surface area contributed by atoms with Gasteiger partial charge in [0.25, 0.3) is 5.91 Å². The zero-order chi connectivity index (χ0) is 19.1. The van der Waals surface area contributed by atoms with Gasteiger partial charge in [-0.2, -0.15) is 0 Å². The minimum Gasteiger partial charge on any atom is -0.465 e. The van der Waals surface area contributed by atoms with E-state index in [9.17, 15) is 9.59 Å². The summed E-state index contributed by atoms with van der Waals surface area (Å²) in [6, 6.07) is 21.0. The Morgan fingerprint density at radius 2 is 1.56 bits per heavy atom. The molecule has 138 valence electrons. The van der Waals surface area contributed by atoms with Gasteiger partial charge in [0.15, 0.2) is 0 Å². The molecule has 0 aliphatic carbocycles. The van der Waals surface area contributed by atoms with Crippen LogP contribution in [0.5, 0.6) is 0 Å². The lowest BCUT2D eigenvalue weighted by molar-refractivity contribution is 0.0606. The van der Waals surface area contributed by atoms with Gasteiger partial charge >= 0.3 is 5.97 Å². The molecule has 1 amide bonds. The Morgan fingerprint density at radius 1 is 0.889 bits per heavy atom. The Balaban J connectivity index is 1.52. The summed E-state index contributed by atoms with van der Waals surface area (Å²) in [6.45, 7) is 0.835. The molecule has 1 heterocycles. The van der Waals surface area contributed by atoms with Crippen molar-refractivity contribution in [2.24, 2.45) is 0 Å². The maximum atomic E-state index is 12.3. The van der Waals surface area contributed by atoms with Crippen LogP contribution in [-0.2, 0) is 11.2 Å². The van der Waals surface area contributed by atoms with Crippen molar-refractivity contribution in [3.63, 3.8) is 0 Å². The number of hydrogen-bond donors (Lipinski definition) is 2. The average molecular weight is 380 g/mol. The molecule has 0 aliphatic heterocycles. The third kappa shape index (κ3) is 5.18. The van der Waals surface area contributed by atoms with Gasteiger partial charge in [0.05, 0.1) is 12.0 Å². The number of carbonyl (C=O) groups is 2. The van der Waals surface area contributed by atoms with Gasteiger partial charge in [-0.3, -0.25) is 4.79 Å². The number of ether oxygens (including phenoxy) is 1. The summed E-state index contributed by atoms with van der Waals surface area (Å²) < 4.78 is 4.65. The summed E-state index contributed by atoms with van der Waals surface area (Å²) in [7, 11) is 1.32. The molecule has 6 heteroatoms. The summed E-state index contributed by atoms with van der Waals surface area (Å²) in [5.74, 6) is -0.690. The molecule has 3 aromatic rings. The molecule has 0 aliphatic rings. The Kier molecular flexibility index (Phi) is 6.22. The average Bonchev–Trinajstić information content (AvgIpc) is 3.20. The van der Waals surface area contributed by atoms with E-state index in [1.165, 1.54) is 12.7 Å². The summed E-state index contributed by atoms with van der Waals surface area (Å²) in [4.78, 5) is 24.6. The van der Waals surface area contributed by atoms with Gasteiger partial charge in [0.1, 0.15) is 4.88 Å². The van der Waals surface area contributed by atoms with E-state index in [1.54, 1.807) is 12.1 Å². The molecule has 2 N–H and O–H groups in total. The highest BCUT2D eigenvalue weighted by molar-refractivity contribution is 7.16. The van der Waals surface area contributed by atoms with Crippen molar-refractivity contribution in [1.82, 2.24) is 0 Å². The lowest BCUT2D eigenvalue weighted by atomic mass is 10.1. The van der Waals surface area contributed by atoms with E-state index in [4.69, 9.17) is 0 Å². The number of benzene rings is 2. The molecule has 0 saturated carbocycles. The Hall–Kier alpha value is -3.12. The number of anilines is 2. The summed E-state index contributed by atoms with van der Waals surface area (Å²) in [5.41, 5.74) is 2.98. The van der Waals surface area contributed by atoms with Crippen molar-refractivity contribution >= 4 is 34.6 Å². The quantitative estimate of drug-likeness (QED) is 0.595. The highest BCUT2D eigenvalue weighted by Gasteiger charge is 2.14. The fourth-order valence-electron chi connectivity index (χ4n) is 2.53. The number of nitrogens with one attached hydrogen (secondary N) is 2. The van der Waals surface area contributed by atoms with Gasteiger partial charge in [0.2, 0.25) is 0 Å². The molecule has 0 atom stereocenters. The van der Waals surface area contributed by atoms with Gasteiger partial charge in [-0.25, -0.2) is 4.79 Å². The molecule has 1 aromatic heterocycles. The van der Waals surface area contributed by atoms with Crippen molar-refractivity contribution < 1.29 is 14.3 Å². The summed E-state index contributed by atoms with van der Waals surface area (Å²) in [6.07, 6.45) is 0.945. The number of rotatable bonds is 7. The summed E-state index contributed by atoms with van der Waals surface area (Å²) >= 11 is 1.11. The molecule has 0 saturated heterocycles. The summed E-state index contributed by atoms with van der Waals surface area (Å²) in [5, 5.41) is 6.19. The van der Waals surface area contributed by atoms with Gasteiger partial charge in [0, 0.05) is 17.9 Å². The molecule has 0 bridgehead atoms. The Labute approximate surface area is 162 Å². The van der Waals surface area contributed by atoms with E-state index in [0.717, 1.165) is 30.0 Å². The smallest absolute Gasteiger partial charge is 0.348 e. The minimum atomic E-state index is -0.440. The van der Waals surface area contributed by atoms with Crippen LogP contribution in [0.3, 0.4) is 0 Å². The highest BCUT2D eigenvalue weighted by Crippen LogP contribution is 2.20. The predicted octanol–water partition coefficient (Wildman–Crippen LogP) is 4.44. The van der Waals surface area contributed by atoms with E-state index in [-0.39, 0.29) is 5.91 Å². The fraction of sp³-hybridized carbons (Fsp3) is 0.143. The fourth-order valence-corrected chi connectivity index (χ4v) is 3.35.